The van der Waals surface area contributed by atoms with Crippen molar-refractivity contribution >= 4 is 17.2 Å². The molecule has 0 aliphatic carbocycles. The molecule has 0 bridgehead atoms. The zero-order valence-corrected chi connectivity index (χ0v) is 9.73. The number of hydrogen-bond acceptors (Lipinski definition) is 3. The molecule has 3 nitrogen and oxygen atoms in total. The third-order valence-electron chi connectivity index (χ3n) is 2.12. The van der Waals surface area contributed by atoms with Crippen molar-refractivity contribution in [2.45, 2.75) is 13.8 Å². The molecule has 0 radical (unpaired) electrons. The minimum absolute atomic E-state index is 0.571. The van der Waals surface area contributed by atoms with Crippen LogP contribution in [0, 0.1) is 0 Å². The van der Waals surface area contributed by atoms with Crippen molar-refractivity contribution in [3.63, 3.8) is 0 Å². The fourth-order valence-electron chi connectivity index (χ4n) is 1.20. The summed E-state index contributed by atoms with van der Waals surface area (Å²) in [5.74, 6) is 0. The van der Waals surface area contributed by atoms with Gasteiger partial charge in [0.25, 0.3) is 0 Å². The lowest BCUT2D eigenvalue weighted by molar-refractivity contribution is 0.254. The Morgan fingerprint density at radius 2 is 1.77 bits per heavy atom. The second kappa shape index (κ2) is 7.24. The van der Waals surface area contributed by atoms with E-state index in [-0.39, 0.29) is 0 Å². The van der Waals surface area contributed by atoms with Crippen molar-refractivity contribution in [3.8, 4) is 0 Å². The Morgan fingerprint density at radius 1 is 1.23 bits per heavy atom. The van der Waals surface area contributed by atoms with Crippen LogP contribution in [0.15, 0.2) is 0 Å². The quantitative estimate of drug-likeness (QED) is 0.612. The van der Waals surface area contributed by atoms with E-state index in [4.69, 9.17) is 18.0 Å². The fraction of sp³-hybridized carbons (Fsp3) is 0.889. The van der Waals surface area contributed by atoms with Crippen molar-refractivity contribution in [1.82, 2.24) is 9.80 Å². The summed E-state index contributed by atoms with van der Waals surface area (Å²) in [5.41, 5.74) is 5.44. The van der Waals surface area contributed by atoms with E-state index in [0.717, 1.165) is 32.7 Å². The molecule has 0 saturated carbocycles. The molecule has 0 aromatic rings. The number of nitrogens with two attached hydrogens (primary N) is 1. The van der Waals surface area contributed by atoms with E-state index < -0.39 is 0 Å². The van der Waals surface area contributed by atoms with Crippen molar-refractivity contribution in [2.24, 2.45) is 5.73 Å². The smallest absolute Gasteiger partial charge is 0.0869 e. The van der Waals surface area contributed by atoms with Gasteiger partial charge in [-0.3, -0.25) is 4.90 Å². The first-order valence-corrected chi connectivity index (χ1v) is 5.20. The fourth-order valence-corrected chi connectivity index (χ4v) is 1.42. The summed E-state index contributed by atoms with van der Waals surface area (Å²) in [7, 11) is 2.04. The Bertz CT molecular complexity index is 146. The second-order valence-electron chi connectivity index (χ2n) is 3.23. The predicted octanol–water partition coefficient (Wildman–Crippen LogP) is 0.546. The molecule has 0 aliphatic rings. The molecule has 0 fully saturated rings. The Kier molecular flexibility index (Phi) is 7.13. The van der Waals surface area contributed by atoms with E-state index in [1.165, 1.54) is 0 Å². The summed E-state index contributed by atoms with van der Waals surface area (Å²) in [6, 6.07) is 0. The molecule has 0 spiro atoms. The maximum Gasteiger partial charge on any atom is 0.0869 e. The molecule has 0 unspecified atom stereocenters. The Balaban J connectivity index is 3.55. The van der Waals surface area contributed by atoms with Crippen molar-refractivity contribution in [2.75, 3.05) is 39.8 Å². The van der Waals surface area contributed by atoms with Crippen LogP contribution in [-0.4, -0.2) is 54.6 Å². The van der Waals surface area contributed by atoms with E-state index in [2.05, 4.69) is 23.6 Å². The van der Waals surface area contributed by atoms with Crippen LogP contribution in [0.2, 0.25) is 0 Å². The molecule has 0 amide bonds. The average Bonchev–Trinajstić information content (AvgIpc) is 2.05. The molecule has 4 heteroatoms. The molecule has 0 aromatic carbocycles. The van der Waals surface area contributed by atoms with E-state index >= 15 is 0 Å². The molecule has 0 rings (SSSR count). The van der Waals surface area contributed by atoms with Gasteiger partial charge in [0.2, 0.25) is 0 Å². The minimum Gasteiger partial charge on any atom is -0.392 e. The number of nitrogens with zero attached hydrogens (tertiary/aromatic N) is 2. The monoisotopic (exact) mass is 203 g/mol. The first-order valence-electron chi connectivity index (χ1n) is 4.79. The van der Waals surface area contributed by atoms with E-state index in [9.17, 15) is 0 Å². The zero-order valence-electron chi connectivity index (χ0n) is 8.92. The van der Waals surface area contributed by atoms with Crippen LogP contribution in [0.4, 0.5) is 0 Å². The highest BCUT2D eigenvalue weighted by atomic mass is 32.1. The molecule has 13 heavy (non-hydrogen) atoms. The predicted molar refractivity (Wildman–Crippen MR) is 62.1 cm³/mol. The van der Waals surface area contributed by atoms with Gasteiger partial charge in [-0.25, -0.2) is 0 Å². The van der Waals surface area contributed by atoms with Crippen molar-refractivity contribution in [1.29, 1.82) is 0 Å². The molecule has 0 saturated heterocycles. The maximum atomic E-state index is 5.44. The van der Waals surface area contributed by atoms with Crippen LogP contribution in [0.1, 0.15) is 13.8 Å². The van der Waals surface area contributed by atoms with E-state index in [1.807, 2.05) is 7.05 Å². The first-order chi connectivity index (χ1) is 6.10. The van der Waals surface area contributed by atoms with Crippen molar-refractivity contribution < 1.29 is 0 Å². The molecule has 0 atom stereocenters. The van der Waals surface area contributed by atoms with E-state index in [0.29, 0.717) is 4.99 Å². The van der Waals surface area contributed by atoms with Crippen LogP contribution in [0.25, 0.3) is 0 Å². The minimum atomic E-state index is 0.571. The SMILES string of the molecule is CCN(CC)CCN(C)CC(N)=S. The number of rotatable bonds is 7. The zero-order chi connectivity index (χ0) is 10.3. The lowest BCUT2D eigenvalue weighted by Gasteiger charge is -2.22. The molecule has 2 N–H and O–H groups in total. The van der Waals surface area contributed by atoms with Gasteiger partial charge in [-0.15, -0.1) is 0 Å². The van der Waals surface area contributed by atoms with Gasteiger partial charge in [-0.2, -0.15) is 0 Å². The molecule has 0 aliphatic heterocycles. The largest absolute Gasteiger partial charge is 0.392 e. The summed E-state index contributed by atoms with van der Waals surface area (Å²) in [4.78, 5) is 5.11. The van der Waals surface area contributed by atoms with Crippen LogP contribution >= 0.6 is 12.2 Å². The Hall–Kier alpha value is -0.190. The molecule has 0 heterocycles. The van der Waals surface area contributed by atoms with Gasteiger partial charge >= 0.3 is 0 Å². The summed E-state index contributed by atoms with van der Waals surface area (Å²) in [6.07, 6.45) is 0. The summed E-state index contributed by atoms with van der Waals surface area (Å²) in [5, 5.41) is 0. The molecule has 78 valence electrons. The highest BCUT2D eigenvalue weighted by Gasteiger charge is 2.02. The van der Waals surface area contributed by atoms with Gasteiger partial charge in [0.05, 0.1) is 4.99 Å². The average molecular weight is 203 g/mol. The van der Waals surface area contributed by atoms with Gasteiger partial charge in [0, 0.05) is 19.6 Å². The standard InChI is InChI=1S/C9H21N3S/c1-4-12(5-2)7-6-11(3)8-9(10)13/h4-8H2,1-3H3,(H2,10,13). The Labute approximate surface area is 86.9 Å². The first kappa shape index (κ1) is 12.8. The lowest BCUT2D eigenvalue weighted by Crippen LogP contribution is -2.36. The number of thiocarbonyl (C=S) groups is 1. The summed E-state index contributed by atoms with van der Waals surface area (Å²) < 4.78 is 0. The second-order valence-corrected chi connectivity index (χ2v) is 3.76. The van der Waals surface area contributed by atoms with E-state index in [1.54, 1.807) is 0 Å². The van der Waals surface area contributed by atoms with Gasteiger partial charge < -0.3 is 10.6 Å². The Morgan fingerprint density at radius 3 is 2.15 bits per heavy atom. The number of likely N-dealkylation sites (N-methyl/N-ethyl adjacent to an activating group) is 2. The molecular weight excluding hydrogens is 182 g/mol. The summed E-state index contributed by atoms with van der Waals surface area (Å²) >= 11 is 4.83. The normalized spacial score (nSPS) is 11.2. The van der Waals surface area contributed by atoms with Gasteiger partial charge in [0.15, 0.2) is 0 Å². The molecule has 0 aromatic heterocycles. The number of hydrogen-bond donors (Lipinski definition) is 1. The summed E-state index contributed by atoms with van der Waals surface area (Å²) in [6.45, 7) is 9.41. The van der Waals surface area contributed by atoms with Crippen LogP contribution < -0.4 is 5.73 Å². The van der Waals surface area contributed by atoms with Crippen molar-refractivity contribution in [3.05, 3.63) is 0 Å². The highest BCUT2D eigenvalue weighted by molar-refractivity contribution is 7.80. The van der Waals surface area contributed by atoms with Gasteiger partial charge in [-0.1, -0.05) is 26.1 Å². The highest BCUT2D eigenvalue weighted by Crippen LogP contribution is 1.89. The van der Waals surface area contributed by atoms with Gasteiger partial charge in [0.1, 0.15) is 0 Å². The molecular formula is C9H21N3S. The lowest BCUT2D eigenvalue weighted by atomic mass is 10.4. The maximum absolute atomic E-state index is 5.44. The third kappa shape index (κ3) is 6.93. The topological polar surface area (TPSA) is 32.5 Å². The van der Waals surface area contributed by atoms with Crippen LogP contribution in [0.5, 0.6) is 0 Å². The van der Waals surface area contributed by atoms with Crippen LogP contribution in [0.3, 0.4) is 0 Å². The van der Waals surface area contributed by atoms with Crippen LogP contribution in [-0.2, 0) is 0 Å². The third-order valence-corrected chi connectivity index (χ3v) is 2.25. The van der Waals surface area contributed by atoms with Gasteiger partial charge in [-0.05, 0) is 20.1 Å².